The smallest absolute Gasteiger partial charge is 0.340 e. The Bertz CT molecular complexity index is 1100. The fourth-order valence-electron chi connectivity index (χ4n) is 9.09. The van der Waals surface area contributed by atoms with E-state index in [0.29, 0.717) is 32.1 Å². The predicted octanol–water partition coefficient (Wildman–Crippen LogP) is 2.53. The van der Waals surface area contributed by atoms with E-state index >= 15 is 0 Å². The summed E-state index contributed by atoms with van der Waals surface area (Å²) in [5, 5.41) is 47.8. The molecule has 10 atom stereocenters. The molecule has 9 nitrogen and oxygen atoms in total. The zero-order valence-corrected chi connectivity index (χ0v) is 22.7. The fraction of sp³-hybridized carbons (Fsp3) is 0.759. The average molecular weight is 532 g/mol. The second-order valence-electron chi connectivity index (χ2n) is 12.8. The third-order valence-corrected chi connectivity index (χ3v) is 11.4. The van der Waals surface area contributed by atoms with Gasteiger partial charge in [-0.2, -0.15) is 0 Å². The molecule has 1 heterocycles. The van der Waals surface area contributed by atoms with Crippen LogP contribution in [-0.4, -0.2) is 72.5 Å². The quantitative estimate of drug-likeness (QED) is 0.430. The number of aliphatic hydroxyl groups is 4. The van der Waals surface area contributed by atoms with Crippen molar-refractivity contribution >= 4 is 11.9 Å². The zero-order valence-electron chi connectivity index (χ0n) is 22.7. The van der Waals surface area contributed by atoms with Gasteiger partial charge in [-0.3, -0.25) is 9.78 Å². The van der Waals surface area contributed by atoms with E-state index in [2.05, 4.69) is 11.9 Å². The van der Waals surface area contributed by atoms with Crippen LogP contribution in [0.15, 0.2) is 24.5 Å². The van der Waals surface area contributed by atoms with Gasteiger partial charge in [-0.1, -0.05) is 13.8 Å². The summed E-state index contributed by atoms with van der Waals surface area (Å²) in [6.07, 6.45) is 3.78. The first kappa shape index (κ1) is 27.5. The molecule has 4 N–H and O–H groups in total. The summed E-state index contributed by atoms with van der Waals surface area (Å²) < 4.78 is 11.6. The van der Waals surface area contributed by atoms with E-state index < -0.39 is 52.3 Å². The van der Waals surface area contributed by atoms with Gasteiger partial charge in [0.1, 0.15) is 23.4 Å². The SMILES string of the molecule is CC(=O)OC1CC2C3(C)CCC(O)CC3CCC2(O)C2(O)CCC(O)(C(C)OC(=O)c3cccnc3)C12C. The van der Waals surface area contributed by atoms with Crippen LogP contribution in [0.3, 0.4) is 0 Å². The lowest BCUT2D eigenvalue weighted by Gasteiger charge is -2.69. The monoisotopic (exact) mass is 531 g/mol. The number of nitrogens with zero attached hydrogens (tertiary/aromatic N) is 1. The molecule has 1 aromatic rings. The molecule has 38 heavy (non-hydrogen) atoms. The van der Waals surface area contributed by atoms with Crippen LogP contribution in [0.1, 0.15) is 89.4 Å². The Hall–Kier alpha value is -2.07. The third-order valence-electron chi connectivity index (χ3n) is 11.4. The summed E-state index contributed by atoms with van der Waals surface area (Å²) in [4.78, 5) is 29.2. The van der Waals surface area contributed by atoms with Crippen molar-refractivity contribution in [3.8, 4) is 0 Å². The van der Waals surface area contributed by atoms with Gasteiger partial charge in [0.15, 0.2) is 0 Å². The minimum absolute atomic E-state index is 0.0487. The molecule has 0 bridgehead atoms. The number of hydrogen-bond acceptors (Lipinski definition) is 9. The highest BCUT2D eigenvalue weighted by molar-refractivity contribution is 5.89. The number of rotatable bonds is 4. The van der Waals surface area contributed by atoms with E-state index in [1.54, 1.807) is 26.0 Å². The maximum atomic E-state index is 12.9. The van der Waals surface area contributed by atoms with Crippen molar-refractivity contribution in [1.82, 2.24) is 4.98 Å². The molecule has 4 saturated carbocycles. The van der Waals surface area contributed by atoms with Crippen LogP contribution in [0.2, 0.25) is 0 Å². The van der Waals surface area contributed by atoms with E-state index in [4.69, 9.17) is 9.47 Å². The Morgan fingerprint density at radius 2 is 1.82 bits per heavy atom. The van der Waals surface area contributed by atoms with Gasteiger partial charge in [0.05, 0.1) is 22.7 Å². The van der Waals surface area contributed by atoms with Gasteiger partial charge in [0.2, 0.25) is 0 Å². The van der Waals surface area contributed by atoms with Gasteiger partial charge in [-0.15, -0.1) is 0 Å². The number of hydrogen-bond donors (Lipinski definition) is 4. The number of pyridine rings is 1. The minimum Gasteiger partial charge on any atom is -0.462 e. The Morgan fingerprint density at radius 3 is 2.47 bits per heavy atom. The highest BCUT2D eigenvalue weighted by atomic mass is 16.6. The summed E-state index contributed by atoms with van der Waals surface area (Å²) in [6, 6.07) is 3.18. The molecule has 210 valence electrons. The van der Waals surface area contributed by atoms with Gasteiger partial charge in [-0.05, 0) is 87.7 Å². The average Bonchev–Trinajstić information content (AvgIpc) is 3.10. The number of carbonyl (C=O) groups is 2. The van der Waals surface area contributed by atoms with Crippen molar-refractivity contribution in [3.05, 3.63) is 30.1 Å². The van der Waals surface area contributed by atoms with E-state index in [9.17, 15) is 30.0 Å². The molecule has 0 saturated heterocycles. The first-order valence-corrected chi connectivity index (χ1v) is 13.9. The van der Waals surface area contributed by atoms with E-state index in [1.165, 1.54) is 19.3 Å². The Morgan fingerprint density at radius 1 is 1.08 bits per heavy atom. The zero-order chi connectivity index (χ0) is 27.7. The number of ether oxygens (including phenoxy) is 2. The maximum absolute atomic E-state index is 12.9. The lowest BCUT2D eigenvalue weighted by atomic mass is 9.40. The van der Waals surface area contributed by atoms with E-state index in [1.807, 2.05) is 0 Å². The Labute approximate surface area is 223 Å². The molecule has 5 rings (SSSR count). The number of carbonyl (C=O) groups excluding carboxylic acids is 2. The van der Waals surface area contributed by atoms with Crippen LogP contribution in [0.25, 0.3) is 0 Å². The Kier molecular flexibility index (Phi) is 6.50. The lowest BCUT2D eigenvalue weighted by molar-refractivity contribution is -0.341. The highest BCUT2D eigenvalue weighted by Crippen LogP contribution is 2.72. The van der Waals surface area contributed by atoms with E-state index in [-0.39, 0.29) is 42.3 Å². The van der Waals surface area contributed by atoms with Crippen molar-refractivity contribution < 1.29 is 39.5 Å². The highest BCUT2D eigenvalue weighted by Gasteiger charge is 2.82. The number of esters is 2. The number of aliphatic hydroxyl groups excluding tert-OH is 1. The molecule has 0 spiro atoms. The molecule has 9 heteroatoms. The van der Waals surface area contributed by atoms with Gasteiger partial charge < -0.3 is 29.9 Å². The topological polar surface area (TPSA) is 146 Å². The van der Waals surface area contributed by atoms with Crippen LogP contribution in [-0.2, 0) is 14.3 Å². The standard InChI is InChI=1S/C29H41NO8/c1-17(37-24(33)19-6-5-13-30-16-19)27(34)11-12-29(36)26(27,4)23(38-18(2)31)15-22-25(3)9-8-21(32)14-20(25)7-10-28(22,29)35/h5-6,13,16-17,20-23,32,34-36H,7-12,14-15H2,1-4H3. The molecule has 0 aliphatic heterocycles. The molecule has 1 aromatic heterocycles. The third kappa shape index (κ3) is 3.54. The Balaban J connectivity index is 1.55. The molecule has 4 aliphatic rings. The molecule has 0 radical (unpaired) electrons. The van der Waals surface area contributed by atoms with Gasteiger partial charge >= 0.3 is 11.9 Å². The van der Waals surface area contributed by atoms with Crippen molar-refractivity contribution in [1.29, 1.82) is 0 Å². The number of fused-ring (bicyclic) bond motifs is 5. The molecule has 4 aliphatic carbocycles. The van der Waals surface area contributed by atoms with Crippen molar-refractivity contribution in [2.24, 2.45) is 22.7 Å². The largest absolute Gasteiger partial charge is 0.462 e. The van der Waals surface area contributed by atoms with Crippen LogP contribution in [0.5, 0.6) is 0 Å². The maximum Gasteiger partial charge on any atom is 0.340 e. The lowest BCUT2D eigenvalue weighted by Crippen LogP contribution is -2.79. The first-order chi connectivity index (χ1) is 17.7. The van der Waals surface area contributed by atoms with Crippen molar-refractivity contribution in [2.75, 3.05) is 0 Å². The molecular weight excluding hydrogens is 490 g/mol. The summed E-state index contributed by atoms with van der Waals surface area (Å²) in [5.41, 5.74) is -6.82. The fourth-order valence-corrected chi connectivity index (χ4v) is 9.09. The summed E-state index contributed by atoms with van der Waals surface area (Å²) >= 11 is 0. The first-order valence-electron chi connectivity index (χ1n) is 13.9. The molecule has 10 unspecified atom stereocenters. The second kappa shape index (κ2) is 8.98. The minimum atomic E-state index is -1.81. The van der Waals surface area contributed by atoms with Crippen LogP contribution in [0.4, 0.5) is 0 Å². The van der Waals surface area contributed by atoms with Crippen molar-refractivity contribution in [2.45, 2.75) is 114 Å². The van der Waals surface area contributed by atoms with Crippen LogP contribution >= 0.6 is 0 Å². The van der Waals surface area contributed by atoms with Gasteiger partial charge in [0.25, 0.3) is 0 Å². The van der Waals surface area contributed by atoms with E-state index in [0.717, 1.165) is 0 Å². The molecule has 0 amide bonds. The second-order valence-corrected chi connectivity index (χ2v) is 12.8. The molecular formula is C29H41NO8. The van der Waals surface area contributed by atoms with Gasteiger partial charge in [-0.25, -0.2) is 4.79 Å². The predicted molar refractivity (Wildman–Crippen MR) is 136 cm³/mol. The summed E-state index contributed by atoms with van der Waals surface area (Å²) in [5.74, 6) is -1.44. The van der Waals surface area contributed by atoms with Gasteiger partial charge in [0, 0.05) is 19.3 Å². The normalized spacial score (nSPS) is 46.7. The van der Waals surface area contributed by atoms with Crippen molar-refractivity contribution in [3.63, 3.8) is 0 Å². The molecule has 0 aromatic carbocycles. The summed E-state index contributed by atoms with van der Waals surface area (Å²) in [6.45, 7) is 6.66. The number of aromatic nitrogens is 1. The molecule has 4 fully saturated rings. The van der Waals surface area contributed by atoms with Crippen LogP contribution in [0, 0.1) is 22.7 Å². The van der Waals surface area contributed by atoms with Crippen LogP contribution < -0.4 is 0 Å². The summed E-state index contributed by atoms with van der Waals surface area (Å²) in [7, 11) is 0.